The lowest BCUT2D eigenvalue weighted by Crippen LogP contribution is -2.40. The van der Waals surface area contributed by atoms with Crippen LogP contribution in [0.1, 0.15) is 26.7 Å². The summed E-state index contributed by atoms with van der Waals surface area (Å²) in [5.41, 5.74) is -0.288. The van der Waals surface area contributed by atoms with Crippen molar-refractivity contribution in [3.8, 4) is 5.75 Å². The number of anilines is 1. The molecule has 1 aromatic carbocycles. The Hall–Kier alpha value is -2.47. The number of aromatic hydroxyl groups is 1. The fourth-order valence-electron chi connectivity index (χ4n) is 5.04. The molecule has 1 aromatic heterocycles. The van der Waals surface area contributed by atoms with Crippen LogP contribution in [0, 0.1) is 11.8 Å². The van der Waals surface area contributed by atoms with E-state index in [2.05, 4.69) is 4.98 Å². The van der Waals surface area contributed by atoms with E-state index >= 15 is 0 Å². The van der Waals surface area contributed by atoms with Gasteiger partial charge < -0.3 is 9.84 Å². The highest BCUT2D eigenvalue weighted by Crippen LogP contribution is 2.61. The van der Waals surface area contributed by atoms with E-state index in [0.717, 1.165) is 12.8 Å². The van der Waals surface area contributed by atoms with Crippen molar-refractivity contribution in [3.63, 3.8) is 0 Å². The fourth-order valence-corrected chi connectivity index (χ4v) is 5.04. The monoisotopic (exact) mass is 338 g/mol. The molecule has 25 heavy (non-hydrogen) atoms. The average Bonchev–Trinajstić information content (AvgIpc) is 3.13. The van der Waals surface area contributed by atoms with Crippen LogP contribution in [0.25, 0.3) is 10.9 Å². The van der Waals surface area contributed by atoms with Crippen molar-refractivity contribution in [3.05, 3.63) is 30.5 Å². The van der Waals surface area contributed by atoms with E-state index in [1.807, 2.05) is 13.8 Å². The normalized spacial score (nSPS) is 36.5. The predicted octanol–water partition coefficient (Wildman–Crippen LogP) is 2.39. The molecule has 0 aliphatic carbocycles. The quantitative estimate of drug-likeness (QED) is 0.808. The standard InChI is InChI=1S/C19H18N2O4/c1-18-7-8-19(2,25-18)14-13(18)16(23)21(17(14)24)11-5-6-12(22)15-10(11)4-3-9-20-15/h3-6,9,13-14,22H,7-8H2,1-2H3/t13-,14+,18?,19?. The Morgan fingerprint density at radius 1 is 1.12 bits per heavy atom. The molecule has 6 heteroatoms. The second kappa shape index (κ2) is 4.38. The Kier molecular flexibility index (Phi) is 2.60. The second-order valence-corrected chi connectivity index (χ2v) is 7.70. The Bertz CT molecular complexity index is 924. The summed E-state index contributed by atoms with van der Waals surface area (Å²) in [6, 6.07) is 6.59. The molecule has 3 fully saturated rings. The first kappa shape index (κ1) is 14.8. The maximum absolute atomic E-state index is 13.2. The molecule has 4 atom stereocenters. The minimum absolute atomic E-state index is 0.0287. The van der Waals surface area contributed by atoms with Crippen LogP contribution in [0.3, 0.4) is 0 Å². The topological polar surface area (TPSA) is 79.7 Å². The van der Waals surface area contributed by atoms with Gasteiger partial charge in [-0.1, -0.05) is 0 Å². The van der Waals surface area contributed by atoms with E-state index in [9.17, 15) is 14.7 Å². The molecule has 4 heterocycles. The first-order valence-electron chi connectivity index (χ1n) is 8.50. The third-order valence-electron chi connectivity index (χ3n) is 6.17. The van der Waals surface area contributed by atoms with Crippen molar-refractivity contribution in [1.29, 1.82) is 0 Å². The lowest BCUT2D eigenvalue weighted by molar-refractivity contribution is -0.129. The number of hydrogen-bond acceptors (Lipinski definition) is 5. The summed E-state index contributed by atoms with van der Waals surface area (Å²) in [6.45, 7) is 3.88. The van der Waals surface area contributed by atoms with Crippen molar-refractivity contribution in [2.45, 2.75) is 37.9 Å². The SMILES string of the molecule is CC12CCC(C)(O1)[C@H]1C(=O)N(c3ccc(O)c4ncccc34)C(=O)[C@H]12. The van der Waals surface area contributed by atoms with E-state index in [-0.39, 0.29) is 17.6 Å². The molecule has 0 saturated carbocycles. The molecular formula is C19H18N2O4. The van der Waals surface area contributed by atoms with Crippen molar-refractivity contribution < 1.29 is 19.4 Å². The van der Waals surface area contributed by atoms with Crippen LogP contribution >= 0.6 is 0 Å². The molecule has 0 radical (unpaired) electrons. The number of phenols is 1. The molecule has 5 rings (SSSR count). The Morgan fingerprint density at radius 3 is 2.40 bits per heavy atom. The van der Waals surface area contributed by atoms with Crippen LogP contribution in [-0.2, 0) is 14.3 Å². The second-order valence-electron chi connectivity index (χ2n) is 7.70. The molecule has 6 nitrogen and oxygen atoms in total. The molecule has 3 aliphatic rings. The molecule has 2 unspecified atom stereocenters. The highest BCUT2D eigenvalue weighted by molar-refractivity contribution is 6.26. The van der Waals surface area contributed by atoms with Crippen LogP contribution in [0.2, 0.25) is 0 Å². The van der Waals surface area contributed by atoms with Crippen LogP contribution in [0.15, 0.2) is 30.5 Å². The van der Waals surface area contributed by atoms with Gasteiger partial charge in [-0.25, -0.2) is 4.90 Å². The number of carbonyl (C=O) groups is 2. The fraction of sp³-hybridized carbons (Fsp3) is 0.421. The van der Waals surface area contributed by atoms with Gasteiger partial charge >= 0.3 is 0 Å². The first-order valence-corrected chi connectivity index (χ1v) is 8.50. The molecule has 128 valence electrons. The van der Waals surface area contributed by atoms with Gasteiger partial charge in [-0.3, -0.25) is 14.6 Å². The predicted molar refractivity (Wildman–Crippen MR) is 90.0 cm³/mol. The van der Waals surface area contributed by atoms with Crippen molar-refractivity contribution in [2.24, 2.45) is 11.8 Å². The summed E-state index contributed by atoms with van der Waals surface area (Å²) in [5.74, 6) is -1.28. The average molecular weight is 338 g/mol. The van der Waals surface area contributed by atoms with Gasteiger partial charge in [0.05, 0.1) is 28.7 Å². The van der Waals surface area contributed by atoms with Gasteiger partial charge in [0.1, 0.15) is 11.3 Å². The van der Waals surface area contributed by atoms with Crippen LogP contribution in [0.5, 0.6) is 5.75 Å². The third-order valence-corrected chi connectivity index (χ3v) is 6.17. The Labute approximate surface area is 144 Å². The van der Waals surface area contributed by atoms with Gasteiger partial charge in [0.2, 0.25) is 11.8 Å². The Balaban J connectivity index is 1.69. The molecule has 3 saturated heterocycles. The number of fused-ring (bicyclic) bond motifs is 6. The number of rotatable bonds is 1. The van der Waals surface area contributed by atoms with Gasteiger partial charge in [-0.05, 0) is 51.0 Å². The lowest BCUT2D eigenvalue weighted by atomic mass is 9.69. The zero-order chi connectivity index (χ0) is 17.6. The molecule has 2 bridgehead atoms. The number of amides is 2. The highest BCUT2D eigenvalue weighted by Gasteiger charge is 2.72. The molecule has 3 aliphatic heterocycles. The highest BCUT2D eigenvalue weighted by atomic mass is 16.5. The number of hydrogen-bond donors (Lipinski definition) is 1. The van der Waals surface area contributed by atoms with Gasteiger partial charge in [-0.2, -0.15) is 0 Å². The van der Waals surface area contributed by atoms with Gasteiger partial charge in [0, 0.05) is 11.6 Å². The molecule has 1 N–H and O–H groups in total. The summed E-state index contributed by atoms with van der Waals surface area (Å²) in [4.78, 5) is 31.9. The van der Waals surface area contributed by atoms with E-state index in [4.69, 9.17) is 4.74 Å². The summed E-state index contributed by atoms with van der Waals surface area (Å²) in [7, 11) is 0. The zero-order valence-corrected chi connectivity index (χ0v) is 14.0. The van der Waals surface area contributed by atoms with Crippen LogP contribution in [-0.4, -0.2) is 33.1 Å². The van der Waals surface area contributed by atoms with E-state index in [1.54, 1.807) is 24.4 Å². The number of carbonyl (C=O) groups excluding carboxylic acids is 2. The minimum atomic E-state index is -0.577. The van der Waals surface area contributed by atoms with Crippen molar-refractivity contribution in [1.82, 2.24) is 4.98 Å². The number of nitrogens with zero attached hydrogens (tertiary/aromatic N) is 2. The number of ether oxygens (including phenoxy) is 1. The number of imide groups is 1. The van der Waals surface area contributed by atoms with E-state index in [0.29, 0.717) is 16.6 Å². The van der Waals surface area contributed by atoms with Crippen LogP contribution in [0.4, 0.5) is 5.69 Å². The van der Waals surface area contributed by atoms with Gasteiger partial charge in [0.25, 0.3) is 0 Å². The number of aromatic nitrogens is 1. The largest absolute Gasteiger partial charge is 0.506 e. The summed E-state index contributed by atoms with van der Waals surface area (Å²) in [6.07, 6.45) is 3.15. The molecule has 0 spiro atoms. The minimum Gasteiger partial charge on any atom is -0.506 e. The first-order chi connectivity index (χ1) is 11.9. The maximum Gasteiger partial charge on any atom is 0.240 e. The lowest BCUT2D eigenvalue weighted by Gasteiger charge is -2.27. The zero-order valence-electron chi connectivity index (χ0n) is 14.0. The maximum atomic E-state index is 13.2. The Morgan fingerprint density at radius 2 is 1.76 bits per heavy atom. The van der Waals surface area contributed by atoms with Crippen molar-refractivity contribution in [2.75, 3.05) is 4.90 Å². The van der Waals surface area contributed by atoms with Gasteiger partial charge in [-0.15, -0.1) is 0 Å². The number of pyridine rings is 1. The summed E-state index contributed by atoms with van der Waals surface area (Å²) >= 11 is 0. The summed E-state index contributed by atoms with van der Waals surface area (Å²) in [5, 5.41) is 10.6. The molecule has 2 amide bonds. The molecule has 2 aromatic rings. The van der Waals surface area contributed by atoms with E-state index in [1.165, 1.54) is 11.0 Å². The smallest absolute Gasteiger partial charge is 0.240 e. The van der Waals surface area contributed by atoms with E-state index < -0.39 is 23.0 Å². The van der Waals surface area contributed by atoms with Crippen molar-refractivity contribution >= 4 is 28.4 Å². The number of benzene rings is 1. The summed E-state index contributed by atoms with van der Waals surface area (Å²) < 4.78 is 6.13. The number of phenolic OH excluding ortho intramolecular Hbond substituents is 1. The van der Waals surface area contributed by atoms with Crippen LogP contribution < -0.4 is 4.90 Å². The van der Waals surface area contributed by atoms with Gasteiger partial charge in [0.15, 0.2) is 0 Å². The third kappa shape index (κ3) is 1.65. The molecular weight excluding hydrogens is 320 g/mol.